The molecule has 0 radical (unpaired) electrons. The predicted molar refractivity (Wildman–Crippen MR) is 78.4 cm³/mol. The van der Waals surface area contributed by atoms with Crippen LogP contribution in [0.5, 0.6) is 0 Å². The first kappa shape index (κ1) is 15.7. The number of rotatable bonds is 5. The minimum Gasteiger partial charge on any atom is -0.380 e. The predicted octanol–water partition coefficient (Wildman–Crippen LogP) is 1.47. The van der Waals surface area contributed by atoms with Gasteiger partial charge in [-0.1, -0.05) is 17.7 Å². The summed E-state index contributed by atoms with van der Waals surface area (Å²) in [5, 5.41) is 3.25. The summed E-state index contributed by atoms with van der Waals surface area (Å²) < 4.78 is 31.9. The molecule has 5 nitrogen and oxygen atoms in total. The van der Waals surface area contributed by atoms with Gasteiger partial charge in [0.2, 0.25) is 10.0 Å². The topological polar surface area (TPSA) is 58.6 Å². The lowest BCUT2D eigenvalue weighted by Crippen LogP contribution is -2.30. The maximum absolute atomic E-state index is 12.6. The van der Waals surface area contributed by atoms with Crippen LogP contribution in [0.1, 0.15) is 12.0 Å². The molecule has 1 aliphatic rings. The van der Waals surface area contributed by atoms with Gasteiger partial charge >= 0.3 is 0 Å². The monoisotopic (exact) mass is 318 g/mol. The third-order valence-corrected chi connectivity index (χ3v) is 5.78. The summed E-state index contributed by atoms with van der Waals surface area (Å²) in [5.74, 6) is 0. The lowest BCUT2D eigenvalue weighted by molar-refractivity contribution is 0.115. The molecular formula is C13H19ClN2O3S. The second-order valence-corrected chi connectivity index (χ2v) is 7.12. The molecule has 1 aliphatic heterocycles. The van der Waals surface area contributed by atoms with Crippen LogP contribution in [0.3, 0.4) is 0 Å². The first-order chi connectivity index (χ1) is 9.48. The average molecular weight is 319 g/mol. The summed E-state index contributed by atoms with van der Waals surface area (Å²) in [6, 6.07) is 5.08. The third-order valence-electron chi connectivity index (χ3n) is 3.44. The van der Waals surface area contributed by atoms with Crippen LogP contribution in [0.25, 0.3) is 0 Å². The fourth-order valence-electron chi connectivity index (χ4n) is 2.31. The van der Waals surface area contributed by atoms with E-state index in [1.165, 1.54) is 4.31 Å². The van der Waals surface area contributed by atoms with Crippen LogP contribution in [-0.2, 0) is 21.3 Å². The Morgan fingerprint density at radius 1 is 1.50 bits per heavy atom. The Kier molecular flexibility index (Phi) is 5.04. The van der Waals surface area contributed by atoms with Gasteiger partial charge < -0.3 is 10.1 Å². The lowest BCUT2D eigenvalue weighted by atomic mass is 10.2. The highest BCUT2D eigenvalue weighted by Crippen LogP contribution is 2.28. The minimum absolute atomic E-state index is 0.0379. The molecule has 0 spiro atoms. The Morgan fingerprint density at radius 2 is 2.25 bits per heavy atom. The fraction of sp³-hybridized carbons (Fsp3) is 0.538. The Hall–Kier alpha value is -0.660. The number of nitrogens with zero attached hydrogens (tertiary/aromatic N) is 1. The van der Waals surface area contributed by atoms with Crippen molar-refractivity contribution in [2.75, 3.05) is 27.2 Å². The van der Waals surface area contributed by atoms with Crippen LogP contribution in [0, 0.1) is 0 Å². The Balaban J connectivity index is 2.32. The zero-order chi connectivity index (χ0) is 14.8. The molecule has 112 valence electrons. The summed E-state index contributed by atoms with van der Waals surface area (Å²) >= 11 is 6.07. The van der Waals surface area contributed by atoms with E-state index in [1.807, 2.05) is 13.1 Å². The molecule has 1 aromatic rings. The first-order valence-electron chi connectivity index (χ1n) is 6.45. The number of hydrogen-bond donors (Lipinski definition) is 1. The molecular weight excluding hydrogens is 300 g/mol. The highest BCUT2D eigenvalue weighted by molar-refractivity contribution is 7.89. The van der Waals surface area contributed by atoms with Crippen molar-refractivity contribution in [2.45, 2.75) is 24.0 Å². The molecule has 2 rings (SSSR count). The second-order valence-electron chi connectivity index (χ2n) is 4.80. The Bertz CT molecular complexity index is 577. The van der Waals surface area contributed by atoms with E-state index in [4.69, 9.17) is 16.3 Å². The van der Waals surface area contributed by atoms with E-state index in [9.17, 15) is 8.42 Å². The van der Waals surface area contributed by atoms with Gasteiger partial charge in [-0.3, -0.25) is 0 Å². The number of benzene rings is 1. The molecule has 0 aliphatic carbocycles. The molecule has 1 aromatic carbocycles. The molecule has 1 fully saturated rings. The largest absolute Gasteiger partial charge is 0.380 e. The normalized spacial score (nSPS) is 20.4. The van der Waals surface area contributed by atoms with Crippen LogP contribution in [-0.4, -0.2) is 46.1 Å². The van der Waals surface area contributed by atoms with Gasteiger partial charge in [0.05, 0.1) is 11.1 Å². The van der Waals surface area contributed by atoms with Crippen LogP contribution >= 0.6 is 11.6 Å². The van der Waals surface area contributed by atoms with Crippen molar-refractivity contribution in [1.29, 1.82) is 0 Å². The van der Waals surface area contributed by atoms with Crippen molar-refractivity contribution in [2.24, 2.45) is 0 Å². The average Bonchev–Trinajstić information content (AvgIpc) is 2.90. The second kappa shape index (κ2) is 6.41. The molecule has 0 bridgehead atoms. The standard InChI is InChI=1S/C13H19ClN2O3S/c1-15-8-10-3-4-12(14)13(7-10)20(17,18)16-6-5-11(9-16)19-2/h3-4,7,11,15H,5-6,8-9H2,1-2H3. The van der Waals surface area contributed by atoms with E-state index in [0.717, 1.165) is 5.56 Å². The van der Waals surface area contributed by atoms with Crippen LogP contribution < -0.4 is 5.32 Å². The summed E-state index contributed by atoms with van der Waals surface area (Å²) in [7, 11) is -0.149. The first-order valence-corrected chi connectivity index (χ1v) is 8.27. The van der Waals surface area contributed by atoms with Crippen LogP contribution in [0.15, 0.2) is 23.1 Å². The van der Waals surface area contributed by atoms with Crippen LogP contribution in [0.4, 0.5) is 0 Å². The molecule has 1 unspecified atom stereocenters. The number of halogens is 1. The van der Waals surface area contributed by atoms with E-state index in [2.05, 4.69) is 5.32 Å². The molecule has 7 heteroatoms. The van der Waals surface area contributed by atoms with Gasteiger partial charge in [-0.25, -0.2) is 8.42 Å². The molecule has 0 amide bonds. The van der Waals surface area contributed by atoms with E-state index in [0.29, 0.717) is 26.1 Å². The minimum atomic E-state index is -3.56. The lowest BCUT2D eigenvalue weighted by Gasteiger charge is -2.18. The summed E-state index contributed by atoms with van der Waals surface area (Å²) in [6.45, 7) is 1.44. The third kappa shape index (κ3) is 3.15. The van der Waals surface area contributed by atoms with Crippen LogP contribution in [0.2, 0.25) is 5.02 Å². The van der Waals surface area contributed by atoms with Crippen molar-refractivity contribution < 1.29 is 13.2 Å². The number of sulfonamides is 1. The molecule has 1 atom stereocenters. The van der Waals surface area contributed by atoms with Crippen molar-refractivity contribution in [3.8, 4) is 0 Å². The van der Waals surface area contributed by atoms with Gasteiger partial charge in [-0.05, 0) is 31.2 Å². The SMILES string of the molecule is CNCc1ccc(Cl)c(S(=O)(=O)N2CCC(OC)C2)c1. The fourth-order valence-corrected chi connectivity index (χ4v) is 4.32. The molecule has 0 saturated carbocycles. The van der Waals surface area contributed by atoms with E-state index in [1.54, 1.807) is 19.2 Å². The quantitative estimate of drug-likeness (QED) is 0.893. The van der Waals surface area contributed by atoms with Crippen molar-refractivity contribution in [3.63, 3.8) is 0 Å². The van der Waals surface area contributed by atoms with Gasteiger partial charge in [-0.15, -0.1) is 0 Å². The number of methoxy groups -OCH3 is 1. The molecule has 20 heavy (non-hydrogen) atoms. The molecule has 1 N–H and O–H groups in total. The highest BCUT2D eigenvalue weighted by Gasteiger charge is 2.33. The van der Waals surface area contributed by atoms with Crippen molar-refractivity contribution >= 4 is 21.6 Å². The molecule has 1 heterocycles. The van der Waals surface area contributed by atoms with E-state index >= 15 is 0 Å². The number of ether oxygens (including phenoxy) is 1. The summed E-state index contributed by atoms with van der Waals surface area (Å²) in [6.07, 6.45) is 0.674. The van der Waals surface area contributed by atoms with E-state index in [-0.39, 0.29) is 16.0 Å². The summed E-state index contributed by atoms with van der Waals surface area (Å²) in [4.78, 5) is 0.170. The van der Waals surface area contributed by atoms with Gasteiger partial charge in [-0.2, -0.15) is 4.31 Å². The highest BCUT2D eigenvalue weighted by atomic mass is 35.5. The van der Waals surface area contributed by atoms with Gasteiger partial charge in [0.15, 0.2) is 0 Å². The van der Waals surface area contributed by atoms with Gasteiger partial charge in [0.25, 0.3) is 0 Å². The Morgan fingerprint density at radius 3 is 2.85 bits per heavy atom. The molecule has 1 saturated heterocycles. The Labute approximate surface area is 124 Å². The zero-order valence-corrected chi connectivity index (χ0v) is 13.2. The zero-order valence-electron chi connectivity index (χ0n) is 11.6. The summed E-state index contributed by atoms with van der Waals surface area (Å²) in [5.41, 5.74) is 0.887. The van der Waals surface area contributed by atoms with Gasteiger partial charge in [0, 0.05) is 26.7 Å². The number of nitrogens with one attached hydrogen (secondary N) is 1. The van der Waals surface area contributed by atoms with E-state index < -0.39 is 10.0 Å². The maximum atomic E-state index is 12.6. The smallest absolute Gasteiger partial charge is 0.244 e. The van der Waals surface area contributed by atoms with Crippen molar-refractivity contribution in [1.82, 2.24) is 9.62 Å². The number of hydrogen-bond acceptors (Lipinski definition) is 4. The maximum Gasteiger partial charge on any atom is 0.244 e. The molecule has 0 aromatic heterocycles. The van der Waals surface area contributed by atoms with Gasteiger partial charge in [0.1, 0.15) is 4.90 Å². The van der Waals surface area contributed by atoms with Crippen molar-refractivity contribution in [3.05, 3.63) is 28.8 Å².